The maximum absolute atomic E-state index is 12.7. The average molecular weight is 330 g/mol. The predicted molar refractivity (Wildman–Crippen MR) is 88.5 cm³/mol. The maximum atomic E-state index is 12.7. The van der Waals surface area contributed by atoms with E-state index in [2.05, 4.69) is 12.2 Å². The number of hydrogen-bond donors (Lipinski definition) is 1. The highest BCUT2D eigenvalue weighted by Crippen LogP contribution is 2.36. The van der Waals surface area contributed by atoms with E-state index in [0.717, 1.165) is 12.8 Å². The Balaban J connectivity index is 2.19. The summed E-state index contributed by atoms with van der Waals surface area (Å²) in [6, 6.07) is 6.56. The minimum absolute atomic E-state index is 0.177. The van der Waals surface area contributed by atoms with E-state index < -0.39 is 11.6 Å². The Morgan fingerprint density at radius 3 is 2.75 bits per heavy atom. The number of carbonyl (C=O) groups is 2. The molecule has 2 rings (SSSR count). The van der Waals surface area contributed by atoms with E-state index in [1.54, 1.807) is 13.2 Å². The average Bonchev–Trinajstić information content (AvgIpc) is 2.55. The van der Waals surface area contributed by atoms with Crippen LogP contribution in [0.4, 0.5) is 5.69 Å². The monoisotopic (exact) mass is 330 g/mol. The number of anilines is 1. The Morgan fingerprint density at radius 2 is 2.17 bits per heavy atom. The Bertz CT molecular complexity index is 680. The van der Waals surface area contributed by atoms with Gasteiger partial charge in [0.05, 0.1) is 5.56 Å². The molecular weight excluding hydrogens is 308 g/mol. The van der Waals surface area contributed by atoms with Crippen molar-refractivity contribution in [2.45, 2.75) is 45.1 Å². The van der Waals surface area contributed by atoms with Gasteiger partial charge >= 0.3 is 5.97 Å². The molecule has 1 aromatic rings. The lowest BCUT2D eigenvalue weighted by atomic mass is 9.78. The van der Waals surface area contributed by atoms with Crippen molar-refractivity contribution in [1.82, 2.24) is 0 Å². The second-order valence-corrected chi connectivity index (χ2v) is 6.27. The first kappa shape index (κ1) is 18.0. The molecule has 1 aliphatic rings. The van der Waals surface area contributed by atoms with Gasteiger partial charge in [-0.15, -0.1) is 0 Å². The summed E-state index contributed by atoms with van der Waals surface area (Å²) in [5.41, 5.74) is -0.174. The van der Waals surface area contributed by atoms with Gasteiger partial charge in [-0.2, -0.15) is 5.26 Å². The lowest BCUT2D eigenvalue weighted by Gasteiger charge is -2.37. The standard InChI is InChI=1S/C18H22N2O4/c1-12-5-4-8-18(10-12,23-3)17(22)20-15-6-7-16(24-13(2)21)14(9-15)11-19/h6-7,9,12H,4-5,8,10H2,1-3H3,(H,20,22)/t12-,18+/m1/s1. The Hall–Kier alpha value is -2.39. The van der Waals surface area contributed by atoms with Gasteiger partial charge in [-0.25, -0.2) is 0 Å². The summed E-state index contributed by atoms with van der Waals surface area (Å²) in [5.74, 6) is -0.111. The molecule has 1 N–H and O–H groups in total. The van der Waals surface area contributed by atoms with Crippen molar-refractivity contribution in [2.24, 2.45) is 5.92 Å². The Morgan fingerprint density at radius 1 is 1.42 bits per heavy atom. The van der Waals surface area contributed by atoms with Crippen molar-refractivity contribution < 1.29 is 19.1 Å². The number of benzene rings is 1. The molecule has 1 fully saturated rings. The third-order valence-electron chi connectivity index (χ3n) is 4.37. The number of carbonyl (C=O) groups excluding carboxylic acids is 2. The van der Waals surface area contributed by atoms with Gasteiger partial charge in [0.2, 0.25) is 0 Å². The van der Waals surface area contributed by atoms with Crippen LogP contribution in [0, 0.1) is 17.2 Å². The molecule has 128 valence electrons. The topological polar surface area (TPSA) is 88.4 Å². The van der Waals surface area contributed by atoms with Crippen LogP contribution in [0.1, 0.15) is 45.1 Å². The van der Waals surface area contributed by atoms with Gasteiger partial charge in [0, 0.05) is 19.7 Å². The molecule has 0 aromatic heterocycles. The van der Waals surface area contributed by atoms with E-state index in [9.17, 15) is 14.9 Å². The number of rotatable bonds is 4. The Labute approximate surface area is 141 Å². The molecule has 6 heteroatoms. The number of hydrogen-bond acceptors (Lipinski definition) is 5. The first-order valence-electron chi connectivity index (χ1n) is 7.99. The van der Waals surface area contributed by atoms with Crippen molar-refractivity contribution in [3.63, 3.8) is 0 Å². The van der Waals surface area contributed by atoms with Gasteiger partial charge in [-0.3, -0.25) is 9.59 Å². The molecule has 0 aliphatic heterocycles. The van der Waals surface area contributed by atoms with Gasteiger partial charge in [-0.1, -0.05) is 13.3 Å². The summed E-state index contributed by atoms with van der Waals surface area (Å²) >= 11 is 0. The minimum Gasteiger partial charge on any atom is -0.425 e. The molecule has 0 spiro atoms. The highest BCUT2D eigenvalue weighted by atomic mass is 16.5. The Kier molecular flexibility index (Phi) is 5.58. The van der Waals surface area contributed by atoms with Crippen LogP contribution in [-0.2, 0) is 14.3 Å². The molecular formula is C18H22N2O4. The zero-order valence-electron chi connectivity index (χ0n) is 14.2. The number of esters is 1. The summed E-state index contributed by atoms with van der Waals surface area (Å²) < 4.78 is 10.5. The third kappa shape index (κ3) is 3.92. The fourth-order valence-electron chi connectivity index (χ4n) is 3.17. The van der Waals surface area contributed by atoms with Crippen molar-refractivity contribution in [3.05, 3.63) is 23.8 Å². The van der Waals surface area contributed by atoms with E-state index in [1.807, 2.05) is 6.07 Å². The van der Waals surface area contributed by atoms with Crippen molar-refractivity contribution in [1.29, 1.82) is 5.26 Å². The zero-order valence-corrected chi connectivity index (χ0v) is 14.2. The predicted octanol–water partition coefficient (Wildman–Crippen LogP) is 3.02. The lowest BCUT2D eigenvalue weighted by molar-refractivity contribution is -0.143. The van der Waals surface area contributed by atoms with Gasteiger partial charge in [0.25, 0.3) is 5.91 Å². The molecule has 1 aliphatic carbocycles. The smallest absolute Gasteiger partial charge is 0.308 e. The summed E-state index contributed by atoms with van der Waals surface area (Å²) in [7, 11) is 1.56. The van der Waals surface area contributed by atoms with Crippen LogP contribution >= 0.6 is 0 Å². The molecule has 0 bridgehead atoms. The fraction of sp³-hybridized carbons (Fsp3) is 0.500. The zero-order chi connectivity index (χ0) is 17.7. The van der Waals surface area contributed by atoms with Crippen LogP contribution in [0.5, 0.6) is 5.75 Å². The largest absolute Gasteiger partial charge is 0.425 e. The van der Waals surface area contributed by atoms with E-state index in [4.69, 9.17) is 9.47 Å². The second-order valence-electron chi connectivity index (χ2n) is 6.27. The van der Waals surface area contributed by atoms with Gasteiger partial charge in [-0.05, 0) is 43.4 Å². The molecule has 0 saturated heterocycles. The third-order valence-corrected chi connectivity index (χ3v) is 4.37. The maximum Gasteiger partial charge on any atom is 0.308 e. The van der Waals surface area contributed by atoms with Crippen LogP contribution in [-0.4, -0.2) is 24.6 Å². The quantitative estimate of drug-likeness (QED) is 0.677. The van der Waals surface area contributed by atoms with Crippen LogP contribution in [0.15, 0.2) is 18.2 Å². The van der Waals surface area contributed by atoms with Gasteiger partial charge in [0.15, 0.2) is 0 Å². The van der Waals surface area contributed by atoms with Crippen LogP contribution < -0.4 is 10.1 Å². The van der Waals surface area contributed by atoms with Crippen LogP contribution in [0.25, 0.3) is 0 Å². The number of nitrogens with one attached hydrogen (secondary N) is 1. The van der Waals surface area contributed by atoms with Crippen LogP contribution in [0.2, 0.25) is 0 Å². The molecule has 0 unspecified atom stereocenters. The van der Waals surface area contributed by atoms with E-state index in [0.29, 0.717) is 24.4 Å². The van der Waals surface area contributed by atoms with Gasteiger partial charge in [0.1, 0.15) is 17.4 Å². The molecule has 1 amide bonds. The van der Waals surface area contributed by atoms with E-state index >= 15 is 0 Å². The number of nitriles is 1. The first-order valence-corrected chi connectivity index (χ1v) is 7.99. The molecule has 2 atom stereocenters. The number of ether oxygens (including phenoxy) is 2. The lowest BCUT2D eigenvalue weighted by Crippen LogP contribution is -2.47. The van der Waals surface area contributed by atoms with Crippen LogP contribution in [0.3, 0.4) is 0 Å². The van der Waals surface area contributed by atoms with E-state index in [1.165, 1.54) is 19.1 Å². The summed E-state index contributed by atoms with van der Waals surface area (Å²) in [4.78, 5) is 23.8. The molecule has 24 heavy (non-hydrogen) atoms. The van der Waals surface area contributed by atoms with Gasteiger partial charge < -0.3 is 14.8 Å². The van der Waals surface area contributed by atoms with Crippen molar-refractivity contribution in [3.8, 4) is 11.8 Å². The number of nitrogens with zero attached hydrogens (tertiary/aromatic N) is 1. The van der Waals surface area contributed by atoms with Crippen molar-refractivity contribution >= 4 is 17.6 Å². The summed E-state index contributed by atoms with van der Waals surface area (Å²) in [6.07, 6.45) is 3.38. The molecule has 0 heterocycles. The minimum atomic E-state index is -0.834. The summed E-state index contributed by atoms with van der Waals surface area (Å²) in [5, 5.41) is 12.0. The second kappa shape index (κ2) is 7.45. The highest BCUT2D eigenvalue weighted by Gasteiger charge is 2.42. The fourth-order valence-corrected chi connectivity index (χ4v) is 3.17. The normalized spacial score (nSPS) is 23.2. The van der Waals surface area contributed by atoms with Crippen molar-refractivity contribution in [2.75, 3.05) is 12.4 Å². The summed E-state index contributed by atoms with van der Waals surface area (Å²) in [6.45, 7) is 3.38. The molecule has 1 aromatic carbocycles. The molecule has 0 radical (unpaired) electrons. The van der Waals surface area contributed by atoms with E-state index in [-0.39, 0.29) is 17.2 Å². The first-order chi connectivity index (χ1) is 11.4. The number of amides is 1. The number of methoxy groups -OCH3 is 1. The SMILES string of the molecule is CO[C@@]1(C(=O)Nc2ccc(OC(C)=O)c(C#N)c2)CCC[C@@H](C)C1. The highest BCUT2D eigenvalue weighted by molar-refractivity contribution is 5.97. The molecule has 6 nitrogen and oxygen atoms in total. The molecule has 1 saturated carbocycles.